The largest absolute Gasteiger partial charge is 0.388 e. The van der Waals surface area contributed by atoms with Gasteiger partial charge < -0.3 is 10.4 Å². The van der Waals surface area contributed by atoms with Crippen LogP contribution in [0.5, 0.6) is 0 Å². The molecule has 17 heavy (non-hydrogen) atoms. The van der Waals surface area contributed by atoms with E-state index in [9.17, 15) is 9.50 Å². The first-order chi connectivity index (χ1) is 8.11. The van der Waals surface area contributed by atoms with Crippen molar-refractivity contribution in [3.63, 3.8) is 0 Å². The highest BCUT2D eigenvalue weighted by molar-refractivity contribution is 9.10. The number of aliphatic hydroxyl groups is 1. The summed E-state index contributed by atoms with van der Waals surface area (Å²) in [5, 5.41) is 13.4. The van der Waals surface area contributed by atoms with Gasteiger partial charge in [-0.25, -0.2) is 4.39 Å². The number of hydrogen-bond acceptors (Lipinski definition) is 2. The number of hydrogen-bond donors (Lipinski definition) is 2. The first kappa shape index (κ1) is 13.3. The van der Waals surface area contributed by atoms with Gasteiger partial charge in [0.1, 0.15) is 5.82 Å². The van der Waals surface area contributed by atoms with Crippen LogP contribution in [0.25, 0.3) is 0 Å². The minimum absolute atomic E-state index is 0.0327. The van der Waals surface area contributed by atoms with E-state index in [1.807, 2.05) is 0 Å². The number of rotatable bonds is 2. The van der Waals surface area contributed by atoms with Gasteiger partial charge in [0, 0.05) is 22.5 Å². The molecule has 0 spiro atoms. The molecule has 1 fully saturated rings. The van der Waals surface area contributed by atoms with Crippen LogP contribution in [0.4, 0.5) is 4.39 Å². The molecule has 1 aromatic rings. The zero-order valence-corrected chi connectivity index (χ0v) is 11.6. The van der Waals surface area contributed by atoms with E-state index in [1.165, 1.54) is 0 Å². The lowest BCUT2D eigenvalue weighted by Gasteiger charge is -2.28. The molecule has 1 saturated heterocycles. The fourth-order valence-electron chi connectivity index (χ4n) is 2.17. The summed E-state index contributed by atoms with van der Waals surface area (Å²) in [4.78, 5) is 0. The summed E-state index contributed by atoms with van der Waals surface area (Å²) in [6, 6.07) is 3.25. The molecule has 0 saturated carbocycles. The Morgan fingerprint density at radius 1 is 1.53 bits per heavy atom. The predicted octanol–water partition coefficient (Wildman–Crippen LogP) is 3.27. The Morgan fingerprint density at radius 3 is 2.94 bits per heavy atom. The van der Waals surface area contributed by atoms with Crippen LogP contribution < -0.4 is 5.32 Å². The number of aliphatic hydroxyl groups excluding tert-OH is 1. The van der Waals surface area contributed by atoms with Crippen molar-refractivity contribution in [3.05, 3.63) is 33.0 Å². The van der Waals surface area contributed by atoms with Gasteiger partial charge in [0.15, 0.2) is 0 Å². The molecule has 2 atom stereocenters. The van der Waals surface area contributed by atoms with E-state index in [0.717, 1.165) is 19.4 Å². The SMILES string of the molecule is OC(c1ccc(Br)c(Cl)c1F)C1CCCNC1. The lowest BCUT2D eigenvalue weighted by atomic mass is 9.89. The number of nitrogens with one attached hydrogen (secondary N) is 1. The monoisotopic (exact) mass is 321 g/mol. The van der Waals surface area contributed by atoms with E-state index < -0.39 is 11.9 Å². The van der Waals surface area contributed by atoms with Gasteiger partial charge in [0.2, 0.25) is 0 Å². The Hall–Kier alpha value is -0.160. The first-order valence-corrected chi connectivity index (χ1v) is 6.80. The third-order valence-electron chi connectivity index (χ3n) is 3.17. The topological polar surface area (TPSA) is 32.3 Å². The maximum Gasteiger partial charge on any atom is 0.148 e. The molecule has 0 aliphatic carbocycles. The van der Waals surface area contributed by atoms with Gasteiger partial charge in [0.25, 0.3) is 0 Å². The molecule has 5 heteroatoms. The highest BCUT2D eigenvalue weighted by atomic mass is 79.9. The van der Waals surface area contributed by atoms with Crippen LogP contribution in [0, 0.1) is 11.7 Å². The molecule has 0 radical (unpaired) electrons. The van der Waals surface area contributed by atoms with E-state index in [0.29, 0.717) is 11.0 Å². The first-order valence-electron chi connectivity index (χ1n) is 5.63. The minimum atomic E-state index is -0.798. The quantitative estimate of drug-likeness (QED) is 0.819. The second kappa shape index (κ2) is 5.65. The summed E-state index contributed by atoms with van der Waals surface area (Å²) in [7, 11) is 0. The number of halogens is 3. The Bertz CT molecular complexity index is 410. The number of benzene rings is 1. The molecule has 94 valence electrons. The normalized spacial score (nSPS) is 22.5. The van der Waals surface area contributed by atoms with Crippen molar-refractivity contribution in [1.82, 2.24) is 5.32 Å². The average molecular weight is 323 g/mol. The van der Waals surface area contributed by atoms with Crippen molar-refractivity contribution in [2.75, 3.05) is 13.1 Å². The van der Waals surface area contributed by atoms with Crippen LogP contribution in [-0.2, 0) is 0 Å². The second-order valence-electron chi connectivity index (χ2n) is 4.32. The summed E-state index contributed by atoms with van der Waals surface area (Å²) < 4.78 is 14.4. The molecular weight excluding hydrogens is 308 g/mol. The van der Waals surface area contributed by atoms with Gasteiger partial charge in [-0.2, -0.15) is 0 Å². The molecule has 0 bridgehead atoms. The molecule has 2 nitrogen and oxygen atoms in total. The summed E-state index contributed by atoms with van der Waals surface area (Å²) >= 11 is 8.98. The van der Waals surface area contributed by atoms with Gasteiger partial charge in [-0.05, 0) is 41.4 Å². The molecular formula is C12H14BrClFNO. The molecule has 1 aliphatic rings. The molecule has 1 aliphatic heterocycles. The second-order valence-corrected chi connectivity index (χ2v) is 5.55. The van der Waals surface area contributed by atoms with Crippen molar-refractivity contribution in [2.45, 2.75) is 18.9 Å². The van der Waals surface area contributed by atoms with E-state index in [1.54, 1.807) is 12.1 Å². The summed E-state index contributed by atoms with van der Waals surface area (Å²) in [6.07, 6.45) is 1.11. The standard InChI is InChI=1S/C12H14BrClFNO/c13-9-4-3-8(11(15)10(9)14)12(17)7-2-1-5-16-6-7/h3-4,7,12,16-17H,1-2,5-6H2. The van der Waals surface area contributed by atoms with Gasteiger partial charge in [-0.15, -0.1) is 0 Å². The van der Waals surface area contributed by atoms with E-state index in [4.69, 9.17) is 11.6 Å². The van der Waals surface area contributed by atoms with Crippen molar-refractivity contribution < 1.29 is 9.50 Å². The van der Waals surface area contributed by atoms with Crippen molar-refractivity contribution >= 4 is 27.5 Å². The van der Waals surface area contributed by atoms with E-state index in [-0.39, 0.29) is 16.5 Å². The molecule has 1 aromatic carbocycles. The third kappa shape index (κ3) is 2.81. The van der Waals surface area contributed by atoms with Crippen LogP contribution in [0.15, 0.2) is 16.6 Å². The van der Waals surface area contributed by atoms with Crippen LogP contribution >= 0.6 is 27.5 Å². The van der Waals surface area contributed by atoms with Crippen molar-refractivity contribution in [2.24, 2.45) is 5.92 Å². The van der Waals surface area contributed by atoms with Crippen LogP contribution in [0.1, 0.15) is 24.5 Å². The minimum Gasteiger partial charge on any atom is -0.388 e. The third-order valence-corrected chi connectivity index (χ3v) is 4.42. The summed E-state index contributed by atoms with van der Waals surface area (Å²) in [5.74, 6) is -0.477. The van der Waals surface area contributed by atoms with Crippen LogP contribution in [0.2, 0.25) is 5.02 Å². The van der Waals surface area contributed by atoms with Crippen LogP contribution in [-0.4, -0.2) is 18.2 Å². The Morgan fingerprint density at radius 2 is 2.29 bits per heavy atom. The Kier molecular flexibility index (Phi) is 4.42. The lowest BCUT2D eigenvalue weighted by molar-refractivity contribution is 0.0888. The average Bonchev–Trinajstić information content (AvgIpc) is 2.36. The van der Waals surface area contributed by atoms with Gasteiger partial charge in [-0.3, -0.25) is 0 Å². The van der Waals surface area contributed by atoms with E-state index in [2.05, 4.69) is 21.2 Å². The Labute approximate surface area is 113 Å². The lowest BCUT2D eigenvalue weighted by Crippen LogP contribution is -2.33. The van der Waals surface area contributed by atoms with Gasteiger partial charge >= 0.3 is 0 Å². The smallest absolute Gasteiger partial charge is 0.148 e. The van der Waals surface area contributed by atoms with Gasteiger partial charge in [0.05, 0.1) is 11.1 Å². The number of piperidine rings is 1. The maximum atomic E-state index is 13.9. The summed E-state index contributed by atoms with van der Waals surface area (Å²) in [5.41, 5.74) is 0.284. The molecule has 1 heterocycles. The molecule has 0 amide bonds. The fourth-order valence-corrected chi connectivity index (χ4v) is 2.65. The molecule has 2 N–H and O–H groups in total. The molecule has 2 unspecified atom stereocenters. The van der Waals surface area contributed by atoms with Gasteiger partial charge in [-0.1, -0.05) is 17.7 Å². The van der Waals surface area contributed by atoms with E-state index >= 15 is 0 Å². The highest BCUT2D eigenvalue weighted by Gasteiger charge is 2.26. The predicted molar refractivity (Wildman–Crippen MR) is 69.7 cm³/mol. The van der Waals surface area contributed by atoms with Crippen molar-refractivity contribution in [1.29, 1.82) is 0 Å². The van der Waals surface area contributed by atoms with Crippen molar-refractivity contribution in [3.8, 4) is 0 Å². The molecule has 2 rings (SSSR count). The summed E-state index contributed by atoms with van der Waals surface area (Å²) in [6.45, 7) is 1.68. The highest BCUT2D eigenvalue weighted by Crippen LogP contribution is 2.34. The molecule has 0 aromatic heterocycles. The maximum absolute atomic E-state index is 13.9. The van der Waals surface area contributed by atoms with Crippen LogP contribution in [0.3, 0.4) is 0 Å². The Balaban J connectivity index is 2.24. The zero-order chi connectivity index (χ0) is 12.4. The fraction of sp³-hybridized carbons (Fsp3) is 0.500. The zero-order valence-electron chi connectivity index (χ0n) is 9.22.